The molecule has 3 aliphatic rings. The van der Waals surface area contributed by atoms with Gasteiger partial charge in [-0.1, -0.05) is 52.7 Å². The normalized spacial score (nSPS) is 31.5. The van der Waals surface area contributed by atoms with Crippen LogP contribution in [0.1, 0.15) is 53.4 Å². The number of unbranched alkanes of at least 4 members (excludes halogenated alkanes) is 2. The fraction of sp³-hybridized carbons (Fsp3) is 0.750. The van der Waals surface area contributed by atoms with E-state index >= 15 is 0 Å². The van der Waals surface area contributed by atoms with E-state index in [1.54, 1.807) is 40.8 Å². The summed E-state index contributed by atoms with van der Waals surface area (Å²) in [4.78, 5) is 47.5. The molecule has 0 saturated carbocycles. The maximum atomic E-state index is 14.4. The van der Waals surface area contributed by atoms with Crippen LogP contribution in [0, 0.1) is 23.7 Å². The fourth-order valence-corrected chi connectivity index (χ4v) is 9.10. The number of fused-ring (bicyclic) bond motifs is 1. The summed E-state index contributed by atoms with van der Waals surface area (Å²) in [6.07, 6.45) is 7.19. The first-order valence-corrected chi connectivity index (χ1v) is 14.4. The van der Waals surface area contributed by atoms with Crippen LogP contribution in [0.15, 0.2) is 25.3 Å². The van der Waals surface area contributed by atoms with Crippen molar-refractivity contribution in [2.45, 2.75) is 75.5 Å². The maximum Gasteiger partial charge on any atom is 0.247 e. The lowest BCUT2D eigenvalue weighted by molar-refractivity contribution is -0.147. The minimum atomic E-state index is -0.705. The molecule has 36 heavy (non-hydrogen) atoms. The third-order valence-electron chi connectivity index (χ3n) is 8.49. The second-order valence-electron chi connectivity index (χ2n) is 11.1. The standard InChI is InChI=1S/C28H45N3O4S/c1-8-11-12-15-30(14-10-3)27(35)24-28-19(6)16-21(36-28)22(25(33)29(7)13-9-2)23(28)26(34)31(24)20(17-32)18(4)5/h9-10,18-24,32H,2-3,8,11-17H2,1,4-7H3/t19?,20-,21-,22+,23-,24?,28?/m0/s1. The summed E-state index contributed by atoms with van der Waals surface area (Å²) in [6, 6.07) is -1.19. The summed E-state index contributed by atoms with van der Waals surface area (Å²) in [5.74, 6) is -1.26. The fourth-order valence-electron chi connectivity index (χ4n) is 6.71. The van der Waals surface area contributed by atoms with Crippen LogP contribution >= 0.6 is 11.8 Å². The molecule has 8 heteroatoms. The Morgan fingerprint density at radius 3 is 2.44 bits per heavy atom. The van der Waals surface area contributed by atoms with Crippen molar-refractivity contribution in [2.75, 3.05) is 33.3 Å². The van der Waals surface area contributed by atoms with Gasteiger partial charge in [0.25, 0.3) is 0 Å². The summed E-state index contributed by atoms with van der Waals surface area (Å²) in [5, 5.41) is 10.4. The summed E-state index contributed by atoms with van der Waals surface area (Å²) in [5.41, 5.74) is 0. The molecule has 0 aromatic heterocycles. The molecule has 3 fully saturated rings. The monoisotopic (exact) mass is 519 g/mol. The summed E-state index contributed by atoms with van der Waals surface area (Å²) in [6.45, 7) is 17.1. The molecule has 1 N–H and O–H groups in total. The molecule has 2 bridgehead atoms. The first-order chi connectivity index (χ1) is 17.1. The minimum absolute atomic E-state index is 0.00531. The average Bonchev–Trinajstić information content (AvgIpc) is 3.42. The number of rotatable bonds is 13. The highest BCUT2D eigenvalue weighted by atomic mass is 32.2. The van der Waals surface area contributed by atoms with Crippen molar-refractivity contribution in [3.05, 3.63) is 25.3 Å². The number of likely N-dealkylation sites (tertiary alicyclic amines) is 1. The molecule has 3 saturated heterocycles. The van der Waals surface area contributed by atoms with Gasteiger partial charge in [-0.3, -0.25) is 14.4 Å². The van der Waals surface area contributed by atoms with Crippen molar-refractivity contribution < 1.29 is 19.5 Å². The number of hydrogen-bond acceptors (Lipinski definition) is 5. The number of hydrogen-bond donors (Lipinski definition) is 1. The maximum absolute atomic E-state index is 14.4. The van der Waals surface area contributed by atoms with Crippen molar-refractivity contribution >= 4 is 29.5 Å². The van der Waals surface area contributed by atoms with Crippen LogP contribution in [0.25, 0.3) is 0 Å². The molecular formula is C28H45N3O4S. The Kier molecular flexibility index (Phi) is 9.36. The molecule has 3 amide bonds. The van der Waals surface area contributed by atoms with Crippen molar-refractivity contribution in [2.24, 2.45) is 23.7 Å². The molecule has 0 aromatic rings. The number of aliphatic hydroxyl groups excluding tert-OH is 1. The average molecular weight is 520 g/mol. The molecule has 7 nitrogen and oxygen atoms in total. The number of thioether (sulfide) groups is 1. The van der Waals surface area contributed by atoms with Gasteiger partial charge in [-0.2, -0.15) is 0 Å². The van der Waals surface area contributed by atoms with E-state index in [-0.39, 0.29) is 41.4 Å². The topological polar surface area (TPSA) is 81.2 Å². The summed E-state index contributed by atoms with van der Waals surface area (Å²) < 4.78 is -0.680. The predicted octanol–water partition coefficient (Wildman–Crippen LogP) is 3.19. The molecule has 7 atom stereocenters. The van der Waals surface area contributed by atoms with Gasteiger partial charge in [0, 0.05) is 31.9 Å². The Morgan fingerprint density at radius 2 is 1.89 bits per heavy atom. The van der Waals surface area contributed by atoms with E-state index < -0.39 is 28.7 Å². The van der Waals surface area contributed by atoms with Gasteiger partial charge in [0.2, 0.25) is 17.7 Å². The molecule has 3 heterocycles. The lowest BCUT2D eigenvalue weighted by atomic mass is 9.65. The van der Waals surface area contributed by atoms with Gasteiger partial charge in [0.1, 0.15) is 6.04 Å². The van der Waals surface area contributed by atoms with Crippen molar-refractivity contribution in [1.82, 2.24) is 14.7 Å². The largest absolute Gasteiger partial charge is 0.394 e. The summed E-state index contributed by atoms with van der Waals surface area (Å²) >= 11 is 1.69. The van der Waals surface area contributed by atoms with Crippen LogP contribution in [0.4, 0.5) is 0 Å². The smallest absolute Gasteiger partial charge is 0.247 e. The zero-order valence-corrected chi connectivity index (χ0v) is 23.5. The number of likely N-dealkylation sites (N-methyl/N-ethyl adjacent to an activating group) is 1. The molecular weight excluding hydrogens is 474 g/mol. The van der Waals surface area contributed by atoms with Crippen LogP contribution < -0.4 is 0 Å². The predicted molar refractivity (Wildman–Crippen MR) is 145 cm³/mol. The quantitative estimate of drug-likeness (QED) is 0.299. The highest BCUT2D eigenvalue weighted by molar-refractivity contribution is 8.02. The molecule has 0 aliphatic carbocycles. The van der Waals surface area contributed by atoms with Gasteiger partial charge < -0.3 is 19.8 Å². The van der Waals surface area contributed by atoms with Crippen LogP contribution in [0.5, 0.6) is 0 Å². The molecule has 3 aliphatic heterocycles. The first-order valence-electron chi connectivity index (χ1n) is 13.5. The van der Waals surface area contributed by atoms with Crippen LogP contribution in [0.2, 0.25) is 0 Å². The Morgan fingerprint density at radius 1 is 1.22 bits per heavy atom. The summed E-state index contributed by atoms with van der Waals surface area (Å²) in [7, 11) is 1.75. The van der Waals surface area contributed by atoms with Crippen molar-refractivity contribution in [3.8, 4) is 0 Å². The van der Waals surface area contributed by atoms with E-state index in [2.05, 4.69) is 27.0 Å². The van der Waals surface area contributed by atoms with Gasteiger partial charge in [-0.15, -0.1) is 24.9 Å². The Hall–Kier alpha value is -1.80. The Bertz CT molecular complexity index is 864. The number of carbonyl (C=O) groups is 3. The highest BCUT2D eigenvalue weighted by Crippen LogP contribution is 2.69. The third-order valence-corrected chi connectivity index (χ3v) is 10.6. The zero-order chi connectivity index (χ0) is 26.8. The molecule has 3 unspecified atom stereocenters. The van der Waals surface area contributed by atoms with Crippen molar-refractivity contribution in [3.63, 3.8) is 0 Å². The Labute approximate surface area is 221 Å². The number of nitrogens with zero attached hydrogens (tertiary/aromatic N) is 3. The third kappa shape index (κ3) is 4.64. The van der Waals surface area contributed by atoms with E-state index in [0.29, 0.717) is 19.6 Å². The lowest BCUT2D eigenvalue weighted by Gasteiger charge is -2.43. The number of carbonyl (C=O) groups excluding carboxylic acids is 3. The second-order valence-corrected chi connectivity index (χ2v) is 12.6. The Balaban J connectivity index is 2.11. The lowest BCUT2D eigenvalue weighted by Crippen LogP contribution is -2.60. The van der Waals surface area contributed by atoms with E-state index in [9.17, 15) is 19.5 Å². The van der Waals surface area contributed by atoms with Gasteiger partial charge in [0.05, 0.1) is 29.2 Å². The highest BCUT2D eigenvalue weighted by Gasteiger charge is 2.77. The van der Waals surface area contributed by atoms with Gasteiger partial charge in [0.15, 0.2) is 0 Å². The van der Waals surface area contributed by atoms with Crippen LogP contribution in [-0.2, 0) is 14.4 Å². The van der Waals surface area contributed by atoms with Gasteiger partial charge >= 0.3 is 0 Å². The van der Waals surface area contributed by atoms with Crippen LogP contribution in [0.3, 0.4) is 0 Å². The zero-order valence-electron chi connectivity index (χ0n) is 22.7. The van der Waals surface area contributed by atoms with E-state index in [4.69, 9.17) is 0 Å². The molecule has 202 valence electrons. The molecule has 3 rings (SSSR count). The first kappa shape index (κ1) is 28.8. The van der Waals surface area contributed by atoms with Crippen molar-refractivity contribution in [1.29, 1.82) is 0 Å². The van der Waals surface area contributed by atoms with Gasteiger partial charge in [-0.25, -0.2) is 0 Å². The molecule has 1 spiro atoms. The van der Waals surface area contributed by atoms with E-state index in [1.165, 1.54) is 0 Å². The van der Waals surface area contributed by atoms with Gasteiger partial charge in [-0.05, 0) is 24.7 Å². The van der Waals surface area contributed by atoms with E-state index in [1.807, 2.05) is 18.7 Å². The second kappa shape index (κ2) is 11.7. The van der Waals surface area contributed by atoms with Crippen LogP contribution in [-0.4, -0.2) is 92.9 Å². The minimum Gasteiger partial charge on any atom is -0.394 e. The molecule has 0 aromatic carbocycles. The SMILES string of the molecule is C=CCN(C)C(=O)[C@@H]1[C@@H]2CC(C)C3(S2)C(C(=O)N(CC=C)CCCCC)N([C@@H](CO)C(C)C)C(=O)[C@H]13. The number of amides is 3. The molecule has 0 radical (unpaired) electrons. The van der Waals surface area contributed by atoms with E-state index in [0.717, 1.165) is 25.7 Å². The number of aliphatic hydroxyl groups is 1.